The summed E-state index contributed by atoms with van der Waals surface area (Å²) in [6.45, 7) is 3.26. The maximum absolute atomic E-state index is 11.7. The molecule has 0 radical (unpaired) electrons. The van der Waals surface area contributed by atoms with Gasteiger partial charge in [0.2, 0.25) is 5.95 Å². The Balaban J connectivity index is 0.00000338. The van der Waals surface area contributed by atoms with Crippen LogP contribution in [0.3, 0.4) is 0 Å². The molecule has 0 bridgehead atoms. The van der Waals surface area contributed by atoms with Gasteiger partial charge in [-0.05, 0) is 5.92 Å². The van der Waals surface area contributed by atoms with Gasteiger partial charge in [0.25, 0.3) is 5.56 Å². The number of nitrogen functional groups attached to an aromatic ring is 1. The molecule has 0 amide bonds. The molecule has 2 aromatic rings. The highest BCUT2D eigenvalue weighted by Crippen LogP contribution is 2.07. The van der Waals surface area contributed by atoms with Crippen LogP contribution in [0.5, 0.6) is 0 Å². The highest BCUT2D eigenvalue weighted by Gasteiger charge is 2.20. The first-order valence-corrected chi connectivity index (χ1v) is 7.68. The van der Waals surface area contributed by atoms with Gasteiger partial charge in [0.05, 0.1) is 12.9 Å². The highest BCUT2D eigenvalue weighted by molar-refractivity contribution is 5.85. The third-order valence-corrected chi connectivity index (χ3v) is 3.44. The Bertz CT molecular complexity index is 792. The van der Waals surface area contributed by atoms with Crippen LogP contribution in [0.25, 0.3) is 11.2 Å². The van der Waals surface area contributed by atoms with Crippen LogP contribution in [-0.2, 0) is 21.0 Å². The van der Waals surface area contributed by atoms with E-state index in [2.05, 4.69) is 15.0 Å². The lowest BCUT2D eigenvalue weighted by atomic mass is 10.1. The van der Waals surface area contributed by atoms with Gasteiger partial charge in [0.1, 0.15) is 25.5 Å². The van der Waals surface area contributed by atoms with E-state index in [1.54, 1.807) is 13.8 Å². The van der Waals surface area contributed by atoms with Crippen molar-refractivity contribution in [3.63, 3.8) is 0 Å². The van der Waals surface area contributed by atoms with Gasteiger partial charge < -0.3 is 26.0 Å². The molecule has 0 spiro atoms. The fourth-order valence-corrected chi connectivity index (χ4v) is 1.95. The quantitative estimate of drug-likeness (QED) is 0.412. The Labute approximate surface area is 155 Å². The van der Waals surface area contributed by atoms with Crippen LogP contribution in [0.4, 0.5) is 5.95 Å². The molecule has 0 aliphatic carbocycles. The summed E-state index contributed by atoms with van der Waals surface area (Å²) < 4.78 is 11.7. The van der Waals surface area contributed by atoms with Gasteiger partial charge in [-0.1, -0.05) is 13.8 Å². The molecular formula is C14H23ClN6O5. The number of esters is 1. The third-order valence-electron chi connectivity index (χ3n) is 3.44. The molecule has 2 aromatic heterocycles. The minimum absolute atomic E-state index is 0. The van der Waals surface area contributed by atoms with E-state index in [-0.39, 0.29) is 55.4 Å². The number of carbonyl (C=O) groups is 1. The molecule has 2 heterocycles. The summed E-state index contributed by atoms with van der Waals surface area (Å²) >= 11 is 0. The number of imidazole rings is 1. The number of hydrogen-bond acceptors (Lipinski definition) is 9. The number of rotatable bonds is 8. The van der Waals surface area contributed by atoms with Gasteiger partial charge in [-0.2, -0.15) is 4.98 Å². The summed E-state index contributed by atoms with van der Waals surface area (Å²) in [6.07, 6.45) is 0.361. The maximum atomic E-state index is 11.7. The van der Waals surface area contributed by atoms with Crippen LogP contribution in [0.1, 0.15) is 13.8 Å². The molecule has 2 rings (SSSR count). The third kappa shape index (κ3) is 5.39. The average Bonchev–Trinajstić information content (AvgIpc) is 2.95. The molecule has 0 aromatic carbocycles. The number of aliphatic hydroxyl groups excluding tert-OH is 1. The zero-order valence-electron chi connectivity index (χ0n) is 14.4. The molecule has 2 atom stereocenters. The van der Waals surface area contributed by atoms with E-state index in [4.69, 9.17) is 20.9 Å². The van der Waals surface area contributed by atoms with Crippen LogP contribution >= 0.6 is 12.4 Å². The molecular weight excluding hydrogens is 368 g/mol. The zero-order valence-corrected chi connectivity index (χ0v) is 15.2. The van der Waals surface area contributed by atoms with Crippen molar-refractivity contribution in [3.05, 3.63) is 16.7 Å². The first-order valence-electron chi connectivity index (χ1n) is 7.68. The van der Waals surface area contributed by atoms with Crippen molar-refractivity contribution in [1.29, 1.82) is 0 Å². The van der Waals surface area contributed by atoms with Crippen LogP contribution in [0.15, 0.2) is 11.1 Å². The van der Waals surface area contributed by atoms with E-state index < -0.39 is 23.7 Å². The van der Waals surface area contributed by atoms with Crippen LogP contribution < -0.4 is 17.0 Å². The number of ether oxygens (including phenoxy) is 2. The van der Waals surface area contributed by atoms with Crippen molar-refractivity contribution in [1.82, 2.24) is 19.5 Å². The number of H-pyrrole nitrogens is 1. The molecule has 0 aliphatic rings. The Morgan fingerprint density at radius 2 is 2.12 bits per heavy atom. The van der Waals surface area contributed by atoms with Gasteiger partial charge in [0.15, 0.2) is 11.2 Å². The molecule has 146 valence electrons. The van der Waals surface area contributed by atoms with Crippen molar-refractivity contribution in [2.75, 3.05) is 18.9 Å². The Morgan fingerprint density at radius 1 is 1.42 bits per heavy atom. The Hall–Kier alpha value is -2.21. The summed E-state index contributed by atoms with van der Waals surface area (Å²) in [7, 11) is 0. The van der Waals surface area contributed by atoms with Crippen molar-refractivity contribution in [2.45, 2.75) is 32.7 Å². The number of carbonyl (C=O) groups excluding carboxylic acids is 1. The van der Waals surface area contributed by atoms with Crippen LogP contribution in [0.2, 0.25) is 0 Å². The van der Waals surface area contributed by atoms with E-state index in [9.17, 15) is 14.7 Å². The number of fused-ring (bicyclic) bond motifs is 1. The molecule has 2 unspecified atom stereocenters. The Morgan fingerprint density at radius 3 is 2.77 bits per heavy atom. The fourth-order valence-electron chi connectivity index (χ4n) is 1.95. The van der Waals surface area contributed by atoms with Crippen LogP contribution in [-0.4, -0.2) is 56.0 Å². The SMILES string of the molecule is CC(C)C(N)C(=O)OCC(O)COCn1cnc2c(=O)[nH]c(N)nc21.Cl. The molecule has 0 saturated heterocycles. The summed E-state index contributed by atoms with van der Waals surface area (Å²) in [5.74, 6) is -0.667. The Kier molecular flexibility index (Phi) is 7.96. The minimum atomic E-state index is -1.01. The summed E-state index contributed by atoms with van der Waals surface area (Å²) in [6, 6.07) is -0.736. The number of halogens is 1. The number of nitrogens with zero attached hydrogens (tertiary/aromatic N) is 3. The monoisotopic (exact) mass is 390 g/mol. The van der Waals surface area contributed by atoms with Gasteiger partial charge in [-0.3, -0.25) is 19.1 Å². The fraction of sp³-hybridized carbons (Fsp3) is 0.571. The number of aromatic amines is 1. The number of hydrogen-bond donors (Lipinski definition) is 4. The molecule has 26 heavy (non-hydrogen) atoms. The normalized spacial score (nSPS) is 13.4. The van der Waals surface area contributed by atoms with E-state index >= 15 is 0 Å². The molecule has 11 nitrogen and oxygen atoms in total. The largest absolute Gasteiger partial charge is 0.462 e. The van der Waals surface area contributed by atoms with Gasteiger partial charge in [-0.15, -0.1) is 12.4 Å². The molecule has 0 saturated carbocycles. The highest BCUT2D eigenvalue weighted by atomic mass is 35.5. The molecule has 0 aliphatic heterocycles. The molecule has 6 N–H and O–H groups in total. The minimum Gasteiger partial charge on any atom is -0.462 e. The smallest absolute Gasteiger partial charge is 0.323 e. The van der Waals surface area contributed by atoms with Crippen molar-refractivity contribution >= 4 is 35.5 Å². The number of aromatic nitrogens is 4. The maximum Gasteiger partial charge on any atom is 0.323 e. The lowest BCUT2D eigenvalue weighted by Crippen LogP contribution is -2.38. The average molecular weight is 391 g/mol. The van der Waals surface area contributed by atoms with Crippen molar-refractivity contribution < 1.29 is 19.4 Å². The van der Waals surface area contributed by atoms with Gasteiger partial charge in [0, 0.05) is 0 Å². The zero-order chi connectivity index (χ0) is 18.6. The van der Waals surface area contributed by atoms with Crippen molar-refractivity contribution in [3.8, 4) is 0 Å². The first-order chi connectivity index (χ1) is 11.8. The van der Waals surface area contributed by atoms with Crippen LogP contribution in [0, 0.1) is 5.92 Å². The van der Waals surface area contributed by atoms with E-state index in [1.165, 1.54) is 10.9 Å². The topological polar surface area (TPSA) is 171 Å². The molecule has 0 fully saturated rings. The standard InChI is InChI=1S/C14H22N6O5.ClH/c1-7(2)9(15)13(23)25-4-8(21)3-24-6-20-5-17-10-11(20)18-14(16)19-12(10)22;/h5,7-9,21H,3-4,6,15H2,1-2H3,(H3,16,18,19,22);1H. The number of nitrogens with one attached hydrogen (secondary N) is 1. The number of anilines is 1. The van der Waals surface area contributed by atoms with Gasteiger partial charge >= 0.3 is 5.97 Å². The lowest BCUT2D eigenvalue weighted by molar-refractivity contribution is -0.150. The lowest BCUT2D eigenvalue weighted by Gasteiger charge is -2.16. The second kappa shape index (κ2) is 9.48. The van der Waals surface area contributed by atoms with Gasteiger partial charge in [-0.25, -0.2) is 4.98 Å². The number of nitrogens with two attached hydrogens (primary N) is 2. The first kappa shape index (κ1) is 21.8. The second-order valence-electron chi connectivity index (χ2n) is 5.89. The summed E-state index contributed by atoms with van der Waals surface area (Å²) in [5.41, 5.74) is 11.1. The van der Waals surface area contributed by atoms with Crippen molar-refractivity contribution in [2.24, 2.45) is 11.7 Å². The summed E-state index contributed by atoms with van der Waals surface area (Å²) in [5, 5.41) is 9.79. The number of aliphatic hydroxyl groups is 1. The predicted molar refractivity (Wildman–Crippen MR) is 95.5 cm³/mol. The van der Waals surface area contributed by atoms with E-state index in [1.807, 2.05) is 0 Å². The molecule has 12 heteroatoms. The summed E-state index contributed by atoms with van der Waals surface area (Å²) in [4.78, 5) is 33.5. The van der Waals surface area contributed by atoms with E-state index in [0.29, 0.717) is 0 Å². The second-order valence-corrected chi connectivity index (χ2v) is 5.89. The predicted octanol–water partition coefficient (Wildman–Crippen LogP) is -1.01. The van der Waals surface area contributed by atoms with E-state index in [0.717, 1.165) is 0 Å².